The molecule has 0 fully saturated rings. The highest BCUT2D eigenvalue weighted by molar-refractivity contribution is 6.27. The minimum atomic E-state index is -1.05. The Morgan fingerprint density at radius 1 is 0.329 bits per heavy atom. The van der Waals surface area contributed by atoms with Crippen LogP contribution in [0.1, 0.15) is 19.4 Å². The van der Waals surface area contributed by atoms with Crippen LogP contribution in [0.3, 0.4) is 0 Å². The zero-order chi connectivity index (χ0) is 50.6. The number of fused-ring (bicyclic) bond motifs is 17. The van der Waals surface area contributed by atoms with E-state index in [-0.39, 0.29) is 0 Å². The zero-order valence-electron chi connectivity index (χ0n) is 41.3. The van der Waals surface area contributed by atoms with E-state index in [1.165, 1.54) is 12.1 Å². The standard InChI is InChI=1S/C69H43F2N3O2/c1-69(2,74-56-31-15-7-21-42(56)43-22-8-16-32-57(43)74)64-67(72-54-29-13-5-23-44(54)46-35-37-60-62(65(46)72)48-25-9-17-33-58(48)75-60)50(40-19-3-11-27-52(40)70)39-51(41-20-4-12-28-53(41)71)68(64)73-55-30-14-6-24-45(55)47-36-38-61-63(66(47)73)49-26-10-18-34-59(49)76-61/h3-39H,1-2H3. The number of aromatic nitrogens is 3. The first-order chi connectivity index (χ1) is 37.3. The SMILES string of the molecule is CC(C)(c1c(-n2c3ccccc3c3ccc4oc5ccccc5c4c32)c(-c2ccccc2F)cc(-c2ccccc2F)c1-n1c2ccccc2c2ccc3oc4ccccc4c3c21)n1c2ccccc2c2ccccc21. The van der Waals surface area contributed by atoms with Gasteiger partial charge in [-0.05, 0) is 92.7 Å². The zero-order valence-corrected chi connectivity index (χ0v) is 41.3. The van der Waals surface area contributed by atoms with Crippen molar-refractivity contribution < 1.29 is 17.6 Å². The quantitative estimate of drug-likeness (QED) is 0.167. The van der Waals surface area contributed by atoms with Crippen molar-refractivity contribution in [1.82, 2.24) is 13.7 Å². The van der Waals surface area contributed by atoms with Crippen LogP contribution in [0, 0.1) is 11.6 Å². The van der Waals surface area contributed by atoms with E-state index in [1.807, 2.05) is 48.5 Å². The van der Waals surface area contributed by atoms with E-state index < -0.39 is 17.2 Å². The lowest BCUT2D eigenvalue weighted by molar-refractivity contribution is 0.462. The van der Waals surface area contributed by atoms with Gasteiger partial charge >= 0.3 is 0 Å². The molecule has 0 unspecified atom stereocenters. The van der Waals surface area contributed by atoms with E-state index in [1.54, 1.807) is 12.1 Å². The number of furan rings is 2. The van der Waals surface area contributed by atoms with E-state index in [0.29, 0.717) is 22.3 Å². The Kier molecular flexibility index (Phi) is 8.80. The molecule has 0 saturated heterocycles. The summed E-state index contributed by atoms with van der Waals surface area (Å²) in [4.78, 5) is 0. The summed E-state index contributed by atoms with van der Waals surface area (Å²) in [5.74, 6) is -0.806. The number of halogens is 2. The van der Waals surface area contributed by atoms with Gasteiger partial charge in [0, 0.05) is 81.9 Å². The predicted molar refractivity (Wildman–Crippen MR) is 308 cm³/mol. The third-order valence-corrected chi connectivity index (χ3v) is 16.1. The third kappa shape index (κ3) is 5.71. The molecule has 360 valence electrons. The van der Waals surface area contributed by atoms with Crippen molar-refractivity contribution in [2.24, 2.45) is 0 Å². The Morgan fingerprint density at radius 3 is 1.12 bits per heavy atom. The molecule has 11 aromatic carbocycles. The van der Waals surface area contributed by atoms with Gasteiger partial charge in [0.25, 0.3) is 0 Å². The lowest BCUT2D eigenvalue weighted by Crippen LogP contribution is -2.31. The van der Waals surface area contributed by atoms with Gasteiger partial charge in [0.2, 0.25) is 0 Å². The number of rotatable bonds is 6. The molecule has 7 heteroatoms. The Labute approximate surface area is 433 Å². The summed E-state index contributed by atoms with van der Waals surface area (Å²) in [5.41, 5.74) is 11.9. The molecule has 16 rings (SSSR count). The predicted octanol–water partition coefficient (Wildman–Crippen LogP) is 19.2. The second kappa shape index (κ2) is 15.7. The van der Waals surface area contributed by atoms with Crippen molar-refractivity contribution >= 4 is 109 Å². The Hall–Kier alpha value is -9.72. The molecule has 76 heavy (non-hydrogen) atoms. The molecule has 0 amide bonds. The van der Waals surface area contributed by atoms with Crippen LogP contribution in [0.4, 0.5) is 8.78 Å². The molecule has 5 nitrogen and oxygen atoms in total. The van der Waals surface area contributed by atoms with Gasteiger partial charge in [0.05, 0.1) is 49.8 Å². The van der Waals surface area contributed by atoms with Gasteiger partial charge in [-0.2, -0.15) is 0 Å². The van der Waals surface area contributed by atoms with Crippen LogP contribution in [-0.4, -0.2) is 13.7 Å². The second-order valence-electron chi connectivity index (χ2n) is 20.5. The van der Waals surface area contributed by atoms with Gasteiger partial charge in [0.15, 0.2) is 0 Å². The Morgan fingerprint density at radius 2 is 0.684 bits per heavy atom. The Bertz CT molecular complexity index is 4830. The molecule has 5 heterocycles. The molecule has 0 spiro atoms. The molecule has 0 aliphatic rings. The topological polar surface area (TPSA) is 41.1 Å². The van der Waals surface area contributed by atoms with Gasteiger partial charge in [-0.3, -0.25) is 0 Å². The molecule has 5 aromatic heterocycles. The van der Waals surface area contributed by atoms with Crippen LogP contribution in [0.15, 0.2) is 233 Å². The lowest BCUT2D eigenvalue weighted by atomic mass is 9.82. The fourth-order valence-corrected chi connectivity index (χ4v) is 13.1. The first-order valence-electron chi connectivity index (χ1n) is 25.7. The summed E-state index contributed by atoms with van der Waals surface area (Å²) in [5, 5.41) is 10.1. The number of para-hydroxylation sites is 6. The number of benzene rings is 11. The summed E-state index contributed by atoms with van der Waals surface area (Å²) in [7, 11) is 0. The highest BCUT2D eigenvalue weighted by Gasteiger charge is 2.39. The number of nitrogens with zero attached hydrogens (tertiary/aromatic N) is 3. The molecule has 0 bridgehead atoms. The molecular weight excluding hydrogens is 941 g/mol. The van der Waals surface area contributed by atoms with Gasteiger partial charge < -0.3 is 22.5 Å². The second-order valence-corrected chi connectivity index (χ2v) is 20.5. The van der Waals surface area contributed by atoms with Crippen LogP contribution >= 0.6 is 0 Å². The van der Waals surface area contributed by atoms with Crippen LogP contribution < -0.4 is 0 Å². The maximum Gasteiger partial charge on any atom is 0.137 e. The molecule has 0 radical (unpaired) electrons. The van der Waals surface area contributed by atoms with Crippen molar-refractivity contribution in [3.63, 3.8) is 0 Å². The highest BCUT2D eigenvalue weighted by Crippen LogP contribution is 2.54. The summed E-state index contributed by atoms with van der Waals surface area (Å²) in [6.45, 7) is 4.55. The van der Waals surface area contributed by atoms with Gasteiger partial charge in [-0.15, -0.1) is 0 Å². The van der Waals surface area contributed by atoms with Crippen molar-refractivity contribution in [2.45, 2.75) is 19.4 Å². The van der Waals surface area contributed by atoms with Crippen LogP contribution in [0.25, 0.3) is 143 Å². The van der Waals surface area contributed by atoms with Crippen molar-refractivity contribution in [3.05, 3.63) is 242 Å². The first kappa shape index (κ1) is 42.8. The maximum atomic E-state index is 17.6. The summed E-state index contributed by atoms with van der Waals surface area (Å²) in [6, 6.07) is 75.0. The summed E-state index contributed by atoms with van der Waals surface area (Å²) in [6.07, 6.45) is 0. The monoisotopic (exact) mass is 983 g/mol. The Balaban J connectivity index is 1.25. The van der Waals surface area contributed by atoms with Gasteiger partial charge in [0.1, 0.15) is 34.0 Å². The van der Waals surface area contributed by atoms with E-state index in [9.17, 15) is 0 Å². The van der Waals surface area contributed by atoms with Crippen molar-refractivity contribution in [1.29, 1.82) is 0 Å². The normalized spacial score (nSPS) is 12.5. The fourth-order valence-electron chi connectivity index (χ4n) is 13.1. The highest BCUT2D eigenvalue weighted by atomic mass is 19.1. The van der Waals surface area contributed by atoms with Crippen molar-refractivity contribution in [3.8, 4) is 33.6 Å². The fraction of sp³-hybridized carbons (Fsp3) is 0.0435. The molecule has 16 aromatic rings. The van der Waals surface area contributed by atoms with Gasteiger partial charge in [-0.1, -0.05) is 146 Å². The third-order valence-electron chi connectivity index (χ3n) is 16.1. The van der Waals surface area contributed by atoms with E-state index in [4.69, 9.17) is 8.83 Å². The largest absolute Gasteiger partial charge is 0.456 e. The number of hydrogen-bond donors (Lipinski definition) is 0. The average molecular weight is 984 g/mol. The summed E-state index contributed by atoms with van der Waals surface area (Å²) < 4.78 is 55.9. The lowest BCUT2D eigenvalue weighted by Gasteiger charge is -2.37. The van der Waals surface area contributed by atoms with Crippen molar-refractivity contribution in [2.75, 3.05) is 0 Å². The molecule has 0 aliphatic heterocycles. The molecule has 0 aliphatic carbocycles. The minimum absolute atomic E-state index is 0.376. The molecular formula is C69H43F2N3O2. The maximum absolute atomic E-state index is 17.6. The molecule has 0 N–H and O–H groups in total. The first-order valence-corrected chi connectivity index (χ1v) is 25.7. The van der Waals surface area contributed by atoms with Crippen LogP contribution in [0.2, 0.25) is 0 Å². The minimum Gasteiger partial charge on any atom is -0.456 e. The smallest absolute Gasteiger partial charge is 0.137 e. The molecule has 0 atom stereocenters. The average Bonchev–Trinajstić information content (AvgIpc) is 4.31. The van der Waals surface area contributed by atoms with Crippen LogP contribution in [0.5, 0.6) is 0 Å². The van der Waals surface area contributed by atoms with Crippen LogP contribution in [-0.2, 0) is 5.54 Å². The van der Waals surface area contributed by atoms with Gasteiger partial charge in [-0.25, -0.2) is 8.78 Å². The van der Waals surface area contributed by atoms with E-state index in [0.717, 1.165) is 126 Å². The number of hydrogen-bond acceptors (Lipinski definition) is 2. The summed E-state index contributed by atoms with van der Waals surface area (Å²) >= 11 is 0. The van der Waals surface area contributed by atoms with E-state index >= 15 is 8.78 Å². The molecule has 0 saturated carbocycles. The van der Waals surface area contributed by atoms with E-state index in [2.05, 4.69) is 179 Å².